The van der Waals surface area contributed by atoms with Crippen molar-refractivity contribution in [3.63, 3.8) is 0 Å². The first-order valence-corrected chi connectivity index (χ1v) is 7.90. The monoisotopic (exact) mass is 285 g/mol. The van der Waals surface area contributed by atoms with Gasteiger partial charge in [-0.2, -0.15) is 0 Å². The molecular weight excluding hydrogens is 254 g/mol. The van der Waals surface area contributed by atoms with Crippen LogP contribution < -0.4 is 5.73 Å². The Morgan fingerprint density at radius 1 is 1.25 bits per heavy atom. The number of nitrogens with zero attached hydrogens (tertiary/aromatic N) is 2. The second-order valence-corrected chi connectivity index (χ2v) is 5.67. The molecule has 0 spiro atoms. The van der Waals surface area contributed by atoms with Crippen molar-refractivity contribution in [3.8, 4) is 0 Å². The molecule has 1 rings (SSSR count). The van der Waals surface area contributed by atoms with Gasteiger partial charge in [0.15, 0.2) is 0 Å². The van der Waals surface area contributed by atoms with Crippen LogP contribution in [-0.2, 0) is 9.53 Å². The van der Waals surface area contributed by atoms with Crippen LogP contribution in [0.1, 0.15) is 39.0 Å². The molecule has 0 aliphatic carbocycles. The van der Waals surface area contributed by atoms with Crippen LogP contribution in [0.2, 0.25) is 0 Å². The highest BCUT2D eigenvalue weighted by molar-refractivity contribution is 5.76. The van der Waals surface area contributed by atoms with Crippen LogP contribution >= 0.6 is 0 Å². The van der Waals surface area contributed by atoms with Crippen molar-refractivity contribution in [2.24, 2.45) is 5.73 Å². The molecular formula is C15H31N3O2. The number of amides is 1. The fourth-order valence-electron chi connectivity index (χ4n) is 2.69. The quantitative estimate of drug-likeness (QED) is 0.644. The number of unbranched alkanes of at least 4 members (excludes halogenated alkanes) is 3. The molecule has 1 aliphatic heterocycles. The van der Waals surface area contributed by atoms with E-state index in [1.807, 2.05) is 4.90 Å². The predicted octanol–water partition coefficient (Wildman–Crippen LogP) is 1.07. The van der Waals surface area contributed by atoms with E-state index >= 15 is 0 Å². The molecule has 20 heavy (non-hydrogen) atoms. The Morgan fingerprint density at radius 3 is 2.65 bits per heavy atom. The lowest BCUT2D eigenvalue weighted by molar-refractivity contribution is -0.134. The molecule has 1 heterocycles. The van der Waals surface area contributed by atoms with Gasteiger partial charge in [-0.1, -0.05) is 12.8 Å². The highest BCUT2D eigenvalue weighted by atomic mass is 16.5. The van der Waals surface area contributed by atoms with Crippen LogP contribution in [0.4, 0.5) is 0 Å². The van der Waals surface area contributed by atoms with E-state index in [1.165, 1.54) is 0 Å². The van der Waals surface area contributed by atoms with E-state index in [0.29, 0.717) is 18.4 Å². The third kappa shape index (κ3) is 6.20. The zero-order valence-electron chi connectivity index (χ0n) is 13.1. The minimum atomic E-state index is 0.316. The maximum absolute atomic E-state index is 12.2. The number of carbonyl (C=O) groups excluding carboxylic acids is 1. The summed E-state index contributed by atoms with van der Waals surface area (Å²) in [4.78, 5) is 16.6. The molecule has 0 aromatic carbocycles. The van der Waals surface area contributed by atoms with Gasteiger partial charge >= 0.3 is 0 Å². The summed E-state index contributed by atoms with van der Waals surface area (Å²) in [7, 11) is 1.73. The molecule has 118 valence electrons. The average Bonchev–Trinajstić information content (AvgIpc) is 2.45. The van der Waals surface area contributed by atoms with Crippen LogP contribution in [0.5, 0.6) is 0 Å². The number of carbonyl (C=O) groups is 1. The number of rotatable bonds is 9. The molecule has 1 fully saturated rings. The van der Waals surface area contributed by atoms with E-state index in [1.54, 1.807) is 7.11 Å². The van der Waals surface area contributed by atoms with E-state index in [0.717, 1.165) is 65.0 Å². The van der Waals surface area contributed by atoms with Crippen molar-refractivity contribution in [2.75, 3.05) is 46.4 Å². The molecule has 2 N–H and O–H groups in total. The number of ether oxygens (including phenoxy) is 1. The summed E-state index contributed by atoms with van der Waals surface area (Å²) < 4.78 is 5.12. The molecule has 0 saturated carbocycles. The van der Waals surface area contributed by atoms with Gasteiger partial charge in [-0.25, -0.2) is 0 Å². The smallest absolute Gasteiger partial charge is 0.222 e. The molecule has 5 heteroatoms. The van der Waals surface area contributed by atoms with Crippen molar-refractivity contribution in [1.29, 1.82) is 0 Å². The Bertz CT molecular complexity index is 274. The maximum Gasteiger partial charge on any atom is 0.222 e. The van der Waals surface area contributed by atoms with Crippen molar-refractivity contribution in [3.05, 3.63) is 0 Å². The Hall–Kier alpha value is -0.650. The molecule has 5 nitrogen and oxygen atoms in total. The lowest BCUT2D eigenvalue weighted by Crippen LogP contribution is -2.54. The van der Waals surface area contributed by atoms with E-state index in [4.69, 9.17) is 10.5 Å². The average molecular weight is 285 g/mol. The van der Waals surface area contributed by atoms with Gasteiger partial charge in [-0.3, -0.25) is 9.69 Å². The molecule has 0 radical (unpaired) electrons. The van der Waals surface area contributed by atoms with E-state index < -0.39 is 0 Å². The number of hydrogen-bond acceptors (Lipinski definition) is 4. The van der Waals surface area contributed by atoms with Crippen LogP contribution in [0.25, 0.3) is 0 Å². The van der Waals surface area contributed by atoms with Gasteiger partial charge in [0.1, 0.15) is 0 Å². The number of nitrogens with two attached hydrogens (primary N) is 1. The molecule has 0 aromatic rings. The fraction of sp³-hybridized carbons (Fsp3) is 0.933. The molecule has 0 bridgehead atoms. The SMILES string of the molecule is COCCN1CCN(C(=O)CCCCCCN)CC1C. The van der Waals surface area contributed by atoms with E-state index in [2.05, 4.69) is 11.8 Å². The van der Waals surface area contributed by atoms with Crippen LogP contribution in [0, 0.1) is 0 Å². The summed E-state index contributed by atoms with van der Waals surface area (Å²) >= 11 is 0. The van der Waals surface area contributed by atoms with Gasteiger partial charge < -0.3 is 15.4 Å². The van der Waals surface area contributed by atoms with Crippen molar-refractivity contribution in [1.82, 2.24) is 9.80 Å². The number of methoxy groups -OCH3 is 1. The van der Waals surface area contributed by atoms with Crippen molar-refractivity contribution >= 4 is 5.91 Å². The summed E-state index contributed by atoms with van der Waals surface area (Å²) in [6.07, 6.45) is 5.02. The van der Waals surface area contributed by atoms with E-state index in [-0.39, 0.29) is 0 Å². The Labute approximate surface area is 123 Å². The summed E-state index contributed by atoms with van der Waals surface area (Å²) in [5.41, 5.74) is 5.46. The van der Waals surface area contributed by atoms with E-state index in [9.17, 15) is 4.79 Å². The predicted molar refractivity (Wildman–Crippen MR) is 81.6 cm³/mol. The highest BCUT2D eigenvalue weighted by Crippen LogP contribution is 2.12. The number of hydrogen-bond donors (Lipinski definition) is 1. The minimum absolute atomic E-state index is 0.316. The number of piperazine rings is 1. The molecule has 1 amide bonds. The summed E-state index contributed by atoms with van der Waals surface area (Å²) in [6, 6.07) is 0.431. The van der Waals surface area contributed by atoms with Gasteiger partial charge in [0.25, 0.3) is 0 Å². The van der Waals surface area contributed by atoms with Gasteiger partial charge in [0, 0.05) is 45.8 Å². The second-order valence-electron chi connectivity index (χ2n) is 5.67. The van der Waals surface area contributed by atoms with Gasteiger partial charge in [-0.15, -0.1) is 0 Å². The molecule has 1 atom stereocenters. The lowest BCUT2D eigenvalue weighted by atomic mass is 10.1. The lowest BCUT2D eigenvalue weighted by Gasteiger charge is -2.39. The minimum Gasteiger partial charge on any atom is -0.383 e. The van der Waals surface area contributed by atoms with Gasteiger partial charge in [0.2, 0.25) is 5.91 Å². The molecule has 0 aromatic heterocycles. The maximum atomic E-state index is 12.2. The van der Waals surface area contributed by atoms with Crippen LogP contribution in [0.3, 0.4) is 0 Å². The first-order valence-electron chi connectivity index (χ1n) is 7.90. The summed E-state index contributed by atoms with van der Waals surface area (Å²) in [5.74, 6) is 0.316. The third-order valence-corrected chi connectivity index (χ3v) is 4.05. The Balaban J connectivity index is 2.19. The topological polar surface area (TPSA) is 58.8 Å². The third-order valence-electron chi connectivity index (χ3n) is 4.05. The van der Waals surface area contributed by atoms with Gasteiger partial charge in [0.05, 0.1) is 6.61 Å². The Morgan fingerprint density at radius 2 is 2.00 bits per heavy atom. The summed E-state index contributed by atoms with van der Waals surface area (Å²) in [6.45, 7) is 7.34. The second kappa shape index (κ2) is 10.1. The molecule has 1 unspecified atom stereocenters. The standard InChI is InChI=1S/C15H31N3O2/c1-14-13-18(10-9-17(14)11-12-20-2)15(19)7-5-3-4-6-8-16/h14H,3-13,16H2,1-2H3. The summed E-state index contributed by atoms with van der Waals surface area (Å²) in [5, 5.41) is 0. The van der Waals surface area contributed by atoms with Gasteiger partial charge in [-0.05, 0) is 26.3 Å². The van der Waals surface area contributed by atoms with Crippen LogP contribution in [-0.4, -0.2) is 68.2 Å². The van der Waals surface area contributed by atoms with Crippen LogP contribution in [0.15, 0.2) is 0 Å². The zero-order chi connectivity index (χ0) is 14.8. The first-order chi connectivity index (χ1) is 9.69. The normalized spacial score (nSPS) is 20.4. The largest absolute Gasteiger partial charge is 0.383 e. The fourth-order valence-corrected chi connectivity index (χ4v) is 2.69. The first kappa shape index (κ1) is 17.4. The Kier molecular flexibility index (Phi) is 8.82. The van der Waals surface area contributed by atoms with Crippen molar-refractivity contribution in [2.45, 2.75) is 45.1 Å². The highest BCUT2D eigenvalue weighted by Gasteiger charge is 2.25. The molecule has 1 saturated heterocycles. The zero-order valence-corrected chi connectivity index (χ0v) is 13.1. The van der Waals surface area contributed by atoms with Crippen molar-refractivity contribution < 1.29 is 9.53 Å². The molecule has 1 aliphatic rings.